The maximum Gasteiger partial charge on any atom is 0.242 e. The van der Waals surface area contributed by atoms with E-state index in [4.69, 9.17) is 16.3 Å². The monoisotopic (exact) mass is 430 g/mol. The molecule has 0 aliphatic carbocycles. The maximum atomic E-state index is 13.0. The van der Waals surface area contributed by atoms with Gasteiger partial charge in [0, 0.05) is 23.5 Å². The van der Waals surface area contributed by atoms with Crippen LogP contribution in [0, 0.1) is 0 Å². The van der Waals surface area contributed by atoms with Gasteiger partial charge >= 0.3 is 0 Å². The molecule has 0 saturated heterocycles. The van der Waals surface area contributed by atoms with E-state index in [-0.39, 0.29) is 17.4 Å². The van der Waals surface area contributed by atoms with Crippen molar-refractivity contribution >= 4 is 23.4 Å². The molecule has 0 spiro atoms. The SMILES string of the molecule is CC(C(=O)NC(C)(C)C)N(Cc1ccccc1)C(=O)CCCOc1ccc(Cl)cc1. The maximum absolute atomic E-state index is 13.0. The molecule has 30 heavy (non-hydrogen) atoms. The van der Waals surface area contributed by atoms with Crippen molar-refractivity contribution in [3.8, 4) is 5.75 Å². The molecular formula is C24H31ClN2O3. The van der Waals surface area contributed by atoms with Crippen molar-refractivity contribution in [1.82, 2.24) is 10.2 Å². The molecule has 5 nitrogen and oxygen atoms in total. The van der Waals surface area contributed by atoms with Crippen LogP contribution < -0.4 is 10.1 Å². The molecule has 6 heteroatoms. The summed E-state index contributed by atoms with van der Waals surface area (Å²) in [7, 11) is 0. The van der Waals surface area contributed by atoms with E-state index in [1.807, 2.05) is 51.1 Å². The van der Waals surface area contributed by atoms with Crippen LogP contribution in [0.1, 0.15) is 46.1 Å². The Morgan fingerprint density at radius 1 is 1.07 bits per heavy atom. The van der Waals surface area contributed by atoms with Gasteiger partial charge in [0.05, 0.1) is 6.61 Å². The van der Waals surface area contributed by atoms with E-state index < -0.39 is 6.04 Å². The summed E-state index contributed by atoms with van der Waals surface area (Å²) in [5, 5.41) is 3.61. The van der Waals surface area contributed by atoms with Gasteiger partial charge in [0.25, 0.3) is 0 Å². The molecular weight excluding hydrogens is 400 g/mol. The van der Waals surface area contributed by atoms with Crippen LogP contribution in [0.3, 0.4) is 0 Å². The molecule has 162 valence electrons. The first kappa shape index (κ1) is 23.7. The van der Waals surface area contributed by atoms with E-state index in [0.29, 0.717) is 36.8 Å². The minimum Gasteiger partial charge on any atom is -0.494 e. The van der Waals surface area contributed by atoms with Crippen LogP contribution in [0.4, 0.5) is 0 Å². The molecule has 0 aromatic heterocycles. The average molecular weight is 431 g/mol. The van der Waals surface area contributed by atoms with Gasteiger partial charge in [0.1, 0.15) is 11.8 Å². The van der Waals surface area contributed by atoms with Gasteiger partial charge < -0.3 is 15.0 Å². The van der Waals surface area contributed by atoms with Gasteiger partial charge in [-0.05, 0) is 63.9 Å². The quantitative estimate of drug-likeness (QED) is 0.579. The summed E-state index contributed by atoms with van der Waals surface area (Å²) >= 11 is 5.87. The van der Waals surface area contributed by atoms with Gasteiger partial charge in [0.15, 0.2) is 0 Å². The second-order valence-electron chi connectivity index (χ2n) is 8.33. The van der Waals surface area contributed by atoms with E-state index in [1.165, 1.54) is 0 Å². The lowest BCUT2D eigenvalue weighted by molar-refractivity contribution is -0.141. The molecule has 1 unspecified atom stereocenters. The zero-order valence-corrected chi connectivity index (χ0v) is 18.9. The standard InChI is InChI=1S/C24H31ClN2O3/c1-18(23(29)26-24(2,3)4)27(17-19-9-6-5-7-10-19)22(28)11-8-16-30-21-14-12-20(25)13-15-21/h5-7,9-10,12-15,18H,8,11,16-17H2,1-4H3,(H,26,29). The molecule has 2 aromatic carbocycles. The number of hydrogen-bond donors (Lipinski definition) is 1. The number of nitrogens with one attached hydrogen (secondary N) is 1. The van der Waals surface area contributed by atoms with Gasteiger partial charge in [-0.1, -0.05) is 41.9 Å². The van der Waals surface area contributed by atoms with Crippen molar-refractivity contribution < 1.29 is 14.3 Å². The number of carbonyl (C=O) groups is 2. The highest BCUT2D eigenvalue weighted by Crippen LogP contribution is 2.17. The van der Waals surface area contributed by atoms with Gasteiger partial charge in [-0.25, -0.2) is 0 Å². The molecule has 0 bridgehead atoms. The van der Waals surface area contributed by atoms with Crippen LogP contribution in [0.5, 0.6) is 5.75 Å². The molecule has 1 N–H and O–H groups in total. The summed E-state index contributed by atoms with van der Waals surface area (Å²) in [6, 6.07) is 16.2. The Hall–Kier alpha value is -2.53. The predicted octanol–water partition coefficient (Wildman–Crippen LogP) is 4.83. The minimum absolute atomic E-state index is 0.0740. The highest BCUT2D eigenvalue weighted by atomic mass is 35.5. The molecule has 0 aliphatic heterocycles. The van der Waals surface area contributed by atoms with Crippen molar-refractivity contribution in [3.63, 3.8) is 0 Å². The lowest BCUT2D eigenvalue weighted by Gasteiger charge is -2.31. The summed E-state index contributed by atoms with van der Waals surface area (Å²) in [5.41, 5.74) is 0.623. The normalized spacial score (nSPS) is 12.2. The highest BCUT2D eigenvalue weighted by Gasteiger charge is 2.28. The molecule has 0 saturated carbocycles. The van der Waals surface area contributed by atoms with Gasteiger partial charge in [-0.3, -0.25) is 9.59 Å². The smallest absolute Gasteiger partial charge is 0.242 e. The minimum atomic E-state index is -0.575. The Labute approximate surface area is 184 Å². The van der Waals surface area contributed by atoms with Crippen molar-refractivity contribution in [2.45, 2.75) is 58.7 Å². The van der Waals surface area contributed by atoms with Crippen LogP contribution in [0.15, 0.2) is 54.6 Å². The molecule has 2 amide bonds. The van der Waals surface area contributed by atoms with E-state index in [1.54, 1.807) is 36.1 Å². The van der Waals surface area contributed by atoms with Crippen molar-refractivity contribution in [3.05, 3.63) is 65.2 Å². The fraction of sp³-hybridized carbons (Fsp3) is 0.417. The lowest BCUT2D eigenvalue weighted by Crippen LogP contribution is -2.52. The number of halogens is 1. The van der Waals surface area contributed by atoms with Crippen LogP contribution >= 0.6 is 11.6 Å². The first-order valence-corrected chi connectivity index (χ1v) is 10.6. The van der Waals surface area contributed by atoms with E-state index >= 15 is 0 Å². The predicted molar refractivity (Wildman–Crippen MR) is 121 cm³/mol. The van der Waals surface area contributed by atoms with E-state index in [9.17, 15) is 9.59 Å². The third kappa shape index (κ3) is 8.07. The first-order valence-electron chi connectivity index (χ1n) is 10.2. The molecule has 0 heterocycles. The second-order valence-corrected chi connectivity index (χ2v) is 8.76. The Balaban J connectivity index is 1.98. The summed E-state index contributed by atoms with van der Waals surface area (Å²) in [6.07, 6.45) is 0.855. The second kappa shape index (κ2) is 11.0. The Morgan fingerprint density at radius 3 is 2.30 bits per heavy atom. The summed E-state index contributed by atoms with van der Waals surface area (Å²) in [6.45, 7) is 8.34. The molecule has 2 aromatic rings. The number of ether oxygens (including phenoxy) is 1. The zero-order chi connectivity index (χ0) is 22.1. The number of hydrogen-bond acceptors (Lipinski definition) is 3. The number of nitrogens with zero attached hydrogens (tertiary/aromatic N) is 1. The third-order valence-corrected chi connectivity index (χ3v) is 4.73. The summed E-state index contributed by atoms with van der Waals surface area (Å²) < 4.78 is 5.67. The Kier molecular flexibility index (Phi) is 8.72. The zero-order valence-electron chi connectivity index (χ0n) is 18.2. The van der Waals surface area contributed by atoms with Crippen LogP contribution in [0.25, 0.3) is 0 Å². The third-order valence-electron chi connectivity index (χ3n) is 4.48. The fourth-order valence-corrected chi connectivity index (χ4v) is 3.05. The van der Waals surface area contributed by atoms with Crippen LogP contribution in [0.2, 0.25) is 5.02 Å². The lowest BCUT2D eigenvalue weighted by atomic mass is 10.1. The number of amides is 2. The fourth-order valence-electron chi connectivity index (χ4n) is 2.92. The van der Waals surface area contributed by atoms with Crippen LogP contribution in [-0.4, -0.2) is 34.9 Å². The number of benzene rings is 2. The Bertz CT molecular complexity index is 817. The highest BCUT2D eigenvalue weighted by molar-refractivity contribution is 6.30. The van der Waals surface area contributed by atoms with Crippen molar-refractivity contribution in [2.24, 2.45) is 0 Å². The summed E-state index contributed by atoms with van der Waals surface area (Å²) in [4.78, 5) is 27.3. The van der Waals surface area contributed by atoms with Gasteiger partial charge in [-0.15, -0.1) is 0 Å². The van der Waals surface area contributed by atoms with Crippen molar-refractivity contribution in [1.29, 1.82) is 0 Å². The van der Waals surface area contributed by atoms with Crippen LogP contribution in [-0.2, 0) is 16.1 Å². The van der Waals surface area contributed by atoms with Gasteiger partial charge in [0.2, 0.25) is 11.8 Å². The first-order chi connectivity index (χ1) is 14.2. The Morgan fingerprint density at radius 2 is 1.70 bits per heavy atom. The van der Waals surface area contributed by atoms with E-state index in [0.717, 1.165) is 5.56 Å². The van der Waals surface area contributed by atoms with E-state index in [2.05, 4.69) is 5.32 Å². The molecule has 1 atom stereocenters. The molecule has 0 fully saturated rings. The number of rotatable bonds is 9. The molecule has 0 radical (unpaired) electrons. The summed E-state index contributed by atoms with van der Waals surface area (Å²) in [5.74, 6) is 0.477. The van der Waals surface area contributed by atoms with Gasteiger partial charge in [-0.2, -0.15) is 0 Å². The largest absolute Gasteiger partial charge is 0.494 e. The average Bonchev–Trinajstić information content (AvgIpc) is 2.69. The molecule has 2 rings (SSSR count). The number of carbonyl (C=O) groups excluding carboxylic acids is 2. The van der Waals surface area contributed by atoms with Crippen molar-refractivity contribution in [2.75, 3.05) is 6.61 Å². The topological polar surface area (TPSA) is 58.6 Å². The molecule has 0 aliphatic rings.